The van der Waals surface area contributed by atoms with Gasteiger partial charge in [-0.2, -0.15) is 0 Å². The van der Waals surface area contributed by atoms with E-state index in [9.17, 15) is 9.59 Å². The molecule has 21 heavy (non-hydrogen) atoms. The summed E-state index contributed by atoms with van der Waals surface area (Å²) < 4.78 is 0.918. The lowest BCUT2D eigenvalue weighted by Gasteiger charge is -2.06. The van der Waals surface area contributed by atoms with E-state index in [4.69, 9.17) is 0 Å². The Labute approximate surface area is 133 Å². The molecule has 0 heterocycles. The number of benzene rings is 1. The van der Waals surface area contributed by atoms with Crippen LogP contribution in [0.25, 0.3) is 0 Å². The van der Waals surface area contributed by atoms with Gasteiger partial charge in [-0.3, -0.25) is 9.59 Å². The van der Waals surface area contributed by atoms with E-state index in [1.165, 1.54) is 0 Å². The van der Waals surface area contributed by atoms with E-state index >= 15 is 0 Å². The normalized spacial score (nSPS) is 19.9. The third-order valence-corrected chi connectivity index (χ3v) is 4.13. The van der Waals surface area contributed by atoms with Gasteiger partial charge in [-0.15, -0.1) is 0 Å². The van der Waals surface area contributed by atoms with Gasteiger partial charge in [-0.25, -0.2) is 0 Å². The molecule has 114 valence electrons. The van der Waals surface area contributed by atoms with Gasteiger partial charge < -0.3 is 10.6 Å². The second-order valence-electron chi connectivity index (χ2n) is 5.45. The minimum atomic E-state index is -0.185. The molecular weight excluding hydrogens is 332 g/mol. The Kier molecular flexibility index (Phi) is 5.79. The third kappa shape index (κ3) is 4.84. The van der Waals surface area contributed by atoms with Crippen molar-refractivity contribution < 1.29 is 9.59 Å². The van der Waals surface area contributed by atoms with Crippen molar-refractivity contribution in [1.29, 1.82) is 0 Å². The van der Waals surface area contributed by atoms with Gasteiger partial charge in [-0.1, -0.05) is 41.8 Å². The van der Waals surface area contributed by atoms with Gasteiger partial charge in [0.2, 0.25) is 11.8 Å². The first-order valence-electron chi connectivity index (χ1n) is 7.46. The fourth-order valence-electron chi connectivity index (χ4n) is 2.29. The first-order valence-corrected chi connectivity index (χ1v) is 8.25. The van der Waals surface area contributed by atoms with E-state index < -0.39 is 0 Å². The summed E-state index contributed by atoms with van der Waals surface area (Å²) >= 11 is 3.37. The van der Waals surface area contributed by atoms with E-state index in [0.717, 1.165) is 29.4 Å². The zero-order chi connectivity index (χ0) is 15.2. The largest absolute Gasteiger partial charge is 0.356 e. The smallest absolute Gasteiger partial charge is 0.228 e. The Bertz CT molecular complexity index is 519. The second kappa shape index (κ2) is 7.59. The lowest BCUT2D eigenvalue weighted by molar-refractivity contribution is -0.125. The van der Waals surface area contributed by atoms with Gasteiger partial charge in [0.1, 0.15) is 0 Å². The van der Waals surface area contributed by atoms with Crippen LogP contribution in [0.2, 0.25) is 0 Å². The molecule has 1 aromatic rings. The van der Waals surface area contributed by atoms with Crippen LogP contribution in [0, 0.1) is 11.8 Å². The van der Waals surface area contributed by atoms with Crippen molar-refractivity contribution in [2.45, 2.75) is 32.6 Å². The van der Waals surface area contributed by atoms with Gasteiger partial charge in [0.25, 0.3) is 0 Å². The summed E-state index contributed by atoms with van der Waals surface area (Å²) in [6, 6.07) is 7.45. The number of nitrogens with one attached hydrogen (secondary N) is 2. The molecule has 0 radical (unpaired) electrons. The highest BCUT2D eigenvalue weighted by Gasteiger charge is 2.47. The number of carbonyl (C=O) groups excluding carboxylic acids is 2. The van der Waals surface area contributed by atoms with Crippen LogP contribution in [-0.2, 0) is 9.59 Å². The van der Waals surface area contributed by atoms with E-state index in [1.807, 2.05) is 24.3 Å². The number of hydrogen-bond donors (Lipinski definition) is 2. The molecule has 5 heteroatoms. The highest BCUT2D eigenvalue weighted by molar-refractivity contribution is 9.10. The summed E-state index contributed by atoms with van der Waals surface area (Å²) in [5.41, 5.74) is 0.753. The third-order valence-electron chi connectivity index (χ3n) is 3.64. The number of anilines is 1. The molecule has 1 saturated carbocycles. The molecule has 1 aliphatic carbocycles. The van der Waals surface area contributed by atoms with Crippen LogP contribution in [0.1, 0.15) is 32.6 Å². The molecule has 1 aromatic carbocycles. The van der Waals surface area contributed by atoms with Crippen LogP contribution in [0.5, 0.6) is 0 Å². The van der Waals surface area contributed by atoms with Gasteiger partial charge in [0, 0.05) is 16.7 Å². The number of carbonyl (C=O) groups is 2. The molecule has 4 nitrogen and oxygen atoms in total. The standard InChI is InChI=1S/C16H21BrN2O2/c1-2-3-4-8-18-15(20)13-10-14(13)16(21)19-12-7-5-6-11(17)9-12/h5-7,9,13-14H,2-4,8,10H2,1H3,(H,18,20)(H,19,21). The maximum atomic E-state index is 12.1. The molecule has 2 N–H and O–H groups in total. The van der Waals surface area contributed by atoms with Crippen molar-refractivity contribution in [2.75, 3.05) is 11.9 Å². The average Bonchev–Trinajstić information content (AvgIpc) is 3.24. The molecule has 2 amide bonds. The van der Waals surface area contributed by atoms with Crippen molar-refractivity contribution >= 4 is 33.4 Å². The Balaban J connectivity index is 1.74. The fraction of sp³-hybridized carbons (Fsp3) is 0.500. The zero-order valence-corrected chi connectivity index (χ0v) is 13.8. The van der Waals surface area contributed by atoms with Crippen molar-refractivity contribution in [1.82, 2.24) is 5.32 Å². The predicted molar refractivity (Wildman–Crippen MR) is 86.9 cm³/mol. The van der Waals surface area contributed by atoms with Gasteiger partial charge in [-0.05, 0) is 31.0 Å². The first-order chi connectivity index (χ1) is 10.1. The molecule has 2 atom stereocenters. The first kappa shape index (κ1) is 16.0. The molecule has 0 aromatic heterocycles. The van der Waals surface area contributed by atoms with E-state index in [-0.39, 0.29) is 23.7 Å². The van der Waals surface area contributed by atoms with Crippen LogP contribution in [0.15, 0.2) is 28.7 Å². The SMILES string of the molecule is CCCCCNC(=O)C1CC1C(=O)Nc1cccc(Br)c1. The zero-order valence-electron chi connectivity index (χ0n) is 12.2. The maximum absolute atomic E-state index is 12.1. The predicted octanol–water partition coefficient (Wildman–Crippen LogP) is 3.33. The maximum Gasteiger partial charge on any atom is 0.228 e. The van der Waals surface area contributed by atoms with Gasteiger partial charge >= 0.3 is 0 Å². The monoisotopic (exact) mass is 352 g/mol. The Morgan fingerprint density at radius 2 is 2.00 bits per heavy atom. The topological polar surface area (TPSA) is 58.2 Å². The Hall–Kier alpha value is -1.36. The minimum absolute atomic E-state index is 0.0143. The van der Waals surface area contributed by atoms with Crippen LogP contribution >= 0.6 is 15.9 Å². The number of halogens is 1. The minimum Gasteiger partial charge on any atom is -0.356 e. The summed E-state index contributed by atoms with van der Waals surface area (Å²) in [6.45, 7) is 2.84. The molecule has 0 saturated heterocycles. The van der Waals surface area contributed by atoms with E-state index in [2.05, 4.69) is 33.5 Å². The fourth-order valence-corrected chi connectivity index (χ4v) is 2.69. The molecular formula is C16H21BrN2O2. The summed E-state index contributed by atoms with van der Waals surface area (Å²) in [6.07, 6.45) is 3.91. The van der Waals surface area contributed by atoms with Gasteiger partial charge in [0.05, 0.1) is 11.8 Å². The molecule has 2 unspecified atom stereocenters. The van der Waals surface area contributed by atoms with Gasteiger partial charge in [0.15, 0.2) is 0 Å². The molecule has 2 rings (SSSR count). The van der Waals surface area contributed by atoms with Crippen molar-refractivity contribution in [3.8, 4) is 0 Å². The Morgan fingerprint density at radius 3 is 2.71 bits per heavy atom. The highest BCUT2D eigenvalue weighted by atomic mass is 79.9. The average molecular weight is 353 g/mol. The number of unbranched alkanes of at least 4 members (excludes halogenated alkanes) is 2. The summed E-state index contributed by atoms with van der Waals surface area (Å²) in [5.74, 6) is -0.392. The van der Waals surface area contributed by atoms with Crippen LogP contribution in [-0.4, -0.2) is 18.4 Å². The van der Waals surface area contributed by atoms with Crippen LogP contribution in [0.3, 0.4) is 0 Å². The van der Waals surface area contributed by atoms with E-state index in [1.54, 1.807) is 0 Å². The molecule has 1 aliphatic rings. The van der Waals surface area contributed by atoms with Crippen molar-refractivity contribution in [3.63, 3.8) is 0 Å². The number of hydrogen-bond acceptors (Lipinski definition) is 2. The summed E-state index contributed by atoms with van der Waals surface area (Å²) in [7, 11) is 0. The number of rotatable bonds is 7. The molecule has 0 spiro atoms. The van der Waals surface area contributed by atoms with Crippen molar-refractivity contribution in [2.24, 2.45) is 11.8 Å². The van der Waals surface area contributed by atoms with E-state index in [0.29, 0.717) is 13.0 Å². The molecule has 0 aliphatic heterocycles. The van der Waals surface area contributed by atoms with Crippen molar-refractivity contribution in [3.05, 3.63) is 28.7 Å². The second-order valence-corrected chi connectivity index (χ2v) is 6.36. The highest BCUT2D eigenvalue weighted by Crippen LogP contribution is 2.39. The molecule has 0 bridgehead atoms. The Morgan fingerprint density at radius 1 is 1.24 bits per heavy atom. The van der Waals surface area contributed by atoms with Crippen LogP contribution in [0.4, 0.5) is 5.69 Å². The lowest BCUT2D eigenvalue weighted by Crippen LogP contribution is -2.28. The summed E-state index contributed by atoms with van der Waals surface area (Å²) in [4.78, 5) is 24.0. The lowest BCUT2D eigenvalue weighted by atomic mass is 10.2. The quantitative estimate of drug-likeness (QED) is 0.739. The summed E-state index contributed by atoms with van der Waals surface area (Å²) in [5, 5.41) is 5.77. The molecule has 1 fully saturated rings. The number of amides is 2. The van der Waals surface area contributed by atoms with Crippen LogP contribution < -0.4 is 10.6 Å².